The second kappa shape index (κ2) is 6.37. The lowest BCUT2D eigenvalue weighted by Gasteiger charge is -2.22. The zero-order valence-corrected chi connectivity index (χ0v) is 12.8. The molecule has 1 amide bonds. The Kier molecular flexibility index (Phi) is 4.77. The van der Waals surface area contributed by atoms with Crippen molar-refractivity contribution in [3.05, 3.63) is 17.5 Å². The number of likely N-dealkylation sites (tertiary alicyclic amines) is 1. The van der Waals surface area contributed by atoms with Crippen LogP contribution in [0.15, 0.2) is 10.6 Å². The van der Waals surface area contributed by atoms with Gasteiger partial charge in [0.2, 0.25) is 5.91 Å². The fourth-order valence-electron chi connectivity index (χ4n) is 2.50. The summed E-state index contributed by atoms with van der Waals surface area (Å²) in [6.07, 6.45) is 1.13. The van der Waals surface area contributed by atoms with Crippen molar-refractivity contribution in [1.29, 1.82) is 0 Å². The highest BCUT2D eigenvalue weighted by molar-refractivity contribution is 5.77. The number of hydrogen-bond donors (Lipinski definition) is 0. The molecule has 1 fully saturated rings. The van der Waals surface area contributed by atoms with E-state index < -0.39 is 0 Å². The van der Waals surface area contributed by atoms with Crippen LogP contribution >= 0.6 is 0 Å². The zero-order chi connectivity index (χ0) is 14.7. The minimum absolute atomic E-state index is 0.124. The highest BCUT2D eigenvalue weighted by Crippen LogP contribution is 2.13. The lowest BCUT2D eigenvalue weighted by atomic mass is 10.2. The number of likely N-dealkylation sites (N-methyl/N-ethyl adjacent to an activating group) is 2. The molecule has 6 nitrogen and oxygen atoms in total. The van der Waals surface area contributed by atoms with Gasteiger partial charge in [0.25, 0.3) is 0 Å². The SMILES string of the molecule is Cc1cc(CN(C)C(=O)CN2CC[C@@H](N(C)C)C2)on1. The number of nitrogens with zero attached hydrogens (tertiary/aromatic N) is 4. The van der Waals surface area contributed by atoms with Crippen LogP contribution in [0.25, 0.3) is 0 Å². The predicted molar refractivity (Wildman–Crippen MR) is 76.2 cm³/mol. The lowest BCUT2D eigenvalue weighted by Crippen LogP contribution is -2.38. The van der Waals surface area contributed by atoms with Gasteiger partial charge in [0.05, 0.1) is 18.8 Å². The van der Waals surface area contributed by atoms with Crippen molar-refractivity contribution in [2.45, 2.75) is 25.9 Å². The first-order valence-electron chi connectivity index (χ1n) is 7.00. The van der Waals surface area contributed by atoms with Crippen molar-refractivity contribution in [3.63, 3.8) is 0 Å². The molecular weight excluding hydrogens is 256 g/mol. The Morgan fingerprint density at radius 1 is 1.50 bits per heavy atom. The molecule has 112 valence electrons. The van der Waals surface area contributed by atoms with E-state index in [0.717, 1.165) is 31.0 Å². The number of rotatable bonds is 5. The third-order valence-electron chi connectivity index (χ3n) is 3.83. The molecule has 0 aromatic carbocycles. The number of aryl methyl sites for hydroxylation is 1. The summed E-state index contributed by atoms with van der Waals surface area (Å²) in [5, 5.41) is 3.83. The van der Waals surface area contributed by atoms with Gasteiger partial charge in [-0.2, -0.15) is 0 Å². The molecule has 0 saturated carbocycles. The van der Waals surface area contributed by atoms with Crippen LogP contribution in [0.2, 0.25) is 0 Å². The first-order valence-corrected chi connectivity index (χ1v) is 7.00. The van der Waals surface area contributed by atoms with E-state index in [0.29, 0.717) is 19.1 Å². The molecule has 0 bridgehead atoms. The second-order valence-electron chi connectivity index (χ2n) is 5.83. The van der Waals surface area contributed by atoms with Crippen molar-refractivity contribution in [1.82, 2.24) is 19.9 Å². The topological polar surface area (TPSA) is 52.8 Å². The minimum atomic E-state index is 0.124. The van der Waals surface area contributed by atoms with Crippen LogP contribution < -0.4 is 0 Å². The Morgan fingerprint density at radius 2 is 2.25 bits per heavy atom. The van der Waals surface area contributed by atoms with E-state index >= 15 is 0 Å². The molecule has 0 aliphatic carbocycles. The molecule has 1 aliphatic rings. The van der Waals surface area contributed by atoms with Crippen LogP contribution in [0.1, 0.15) is 17.9 Å². The standard InChI is InChI=1S/C14H24N4O2/c1-11-7-13(20-15-11)9-17(4)14(19)10-18-6-5-12(8-18)16(2)3/h7,12H,5-6,8-10H2,1-4H3/t12-/m1/s1. The molecule has 2 rings (SSSR count). The molecule has 0 N–H and O–H groups in total. The molecule has 20 heavy (non-hydrogen) atoms. The monoisotopic (exact) mass is 280 g/mol. The van der Waals surface area contributed by atoms with Gasteiger partial charge in [-0.05, 0) is 27.4 Å². The van der Waals surface area contributed by atoms with E-state index in [4.69, 9.17) is 4.52 Å². The van der Waals surface area contributed by atoms with Crippen LogP contribution in [0.5, 0.6) is 0 Å². The van der Waals surface area contributed by atoms with Gasteiger partial charge in [-0.15, -0.1) is 0 Å². The van der Waals surface area contributed by atoms with Gasteiger partial charge >= 0.3 is 0 Å². The normalized spacial score (nSPS) is 19.8. The van der Waals surface area contributed by atoms with Gasteiger partial charge in [-0.25, -0.2) is 0 Å². The predicted octanol–water partition coefficient (Wildman–Crippen LogP) is 0.577. The van der Waals surface area contributed by atoms with E-state index in [1.807, 2.05) is 13.0 Å². The van der Waals surface area contributed by atoms with Crippen molar-refractivity contribution >= 4 is 5.91 Å². The Balaban J connectivity index is 1.80. The first kappa shape index (κ1) is 15.0. The largest absolute Gasteiger partial charge is 0.359 e. The van der Waals surface area contributed by atoms with E-state index in [2.05, 4.69) is 29.1 Å². The number of carbonyl (C=O) groups excluding carboxylic acids is 1. The summed E-state index contributed by atoms with van der Waals surface area (Å²) in [6, 6.07) is 2.42. The van der Waals surface area contributed by atoms with Crippen molar-refractivity contribution in [2.24, 2.45) is 0 Å². The zero-order valence-electron chi connectivity index (χ0n) is 12.8. The summed E-state index contributed by atoms with van der Waals surface area (Å²) in [4.78, 5) is 18.3. The average Bonchev–Trinajstić information content (AvgIpc) is 2.98. The molecule has 0 unspecified atom stereocenters. The lowest BCUT2D eigenvalue weighted by molar-refractivity contribution is -0.131. The van der Waals surface area contributed by atoms with Gasteiger partial charge in [0, 0.05) is 32.2 Å². The Labute approximate surface area is 120 Å². The van der Waals surface area contributed by atoms with Crippen LogP contribution in [0.3, 0.4) is 0 Å². The summed E-state index contributed by atoms with van der Waals surface area (Å²) in [5.41, 5.74) is 0.842. The van der Waals surface area contributed by atoms with Gasteiger partial charge in [0.1, 0.15) is 0 Å². The Bertz CT molecular complexity index is 458. The smallest absolute Gasteiger partial charge is 0.236 e. The van der Waals surface area contributed by atoms with E-state index in [-0.39, 0.29) is 5.91 Å². The summed E-state index contributed by atoms with van der Waals surface area (Å²) in [6.45, 7) is 4.79. The number of hydrogen-bond acceptors (Lipinski definition) is 5. The maximum Gasteiger partial charge on any atom is 0.236 e. The van der Waals surface area contributed by atoms with Crippen LogP contribution in [0.4, 0.5) is 0 Å². The summed E-state index contributed by atoms with van der Waals surface area (Å²) < 4.78 is 5.14. The van der Waals surface area contributed by atoms with Gasteiger partial charge in [-0.1, -0.05) is 5.16 Å². The Hall–Kier alpha value is -1.40. The summed E-state index contributed by atoms with van der Waals surface area (Å²) in [7, 11) is 5.99. The molecule has 0 radical (unpaired) electrons. The molecular formula is C14H24N4O2. The van der Waals surface area contributed by atoms with Gasteiger partial charge in [0.15, 0.2) is 5.76 Å². The van der Waals surface area contributed by atoms with Crippen molar-refractivity contribution in [3.8, 4) is 0 Å². The molecule has 1 aromatic rings. The molecule has 1 aromatic heterocycles. The van der Waals surface area contributed by atoms with E-state index in [1.54, 1.807) is 11.9 Å². The minimum Gasteiger partial charge on any atom is -0.359 e. The van der Waals surface area contributed by atoms with Gasteiger partial charge in [-0.3, -0.25) is 9.69 Å². The first-order chi connectivity index (χ1) is 9.45. The van der Waals surface area contributed by atoms with Crippen LogP contribution in [0, 0.1) is 6.92 Å². The van der Waals surface area contributed by atoms with E-state index in [9.17, 15) is 4.79 Å². The molecule has 1 saturated heterocycles. The average molecular weight is 280 g/mol. The highest BCUT2D eigenvalue weighted by Gasteiger charge is 2.26. The Morgan fingerprint density at radius 3 is 2.80 bits per heavy atom. The van der Waals surface area contributed by atoms with Crippen LogP contribution in [-0.2, 0) is 11.3 Å². The number of aromatic nitrogens is 1. The fourth-order valence-corrected chi connectivity index (χ4v) is 2.50. The van der Waals surface area contributed by atoms with E-state index in [1.165, 1.54) is 0 Å². The number of amides is 1. The summed E-state index contributed by atoms with van der Waals surface area (Å²) in [5.74, 6) is 0.851. The summed E-state index contributed by atoms with van der Waals surface area (Å²) >= 11 is 0. The molecule has 6 heteroatoms. The number of carbonyl (C=O) groups is 1. The maximum absolute atomic E-state index is 12.2. The molecule has 2 heterocycles. The third-order valence-corrected chi connectivity index (χ3v) is 3.83. The van der Waals surface area contributed by atoms with Crippen LogP contribution in [-0.4, -0.2) is 72.6 Å². The highest BCUT2D eigenvalue weighted by atomic mass is 16.5. The second-order valence-corrected chi connectivity index (χ2v) is 5.83. The fraction of sp³-hybridized carbons (Fsp3) is 0.714. The third kappa shape index (κ3) is 3.80. The molecule has 1 atom stereocenters. The molecule has 0 spiro atoms. The maximum atomic E-state index is 12.2. The van der Waals surface area contributed by atoms with Gasteiger partial charge < -0.3 is 14.3 Å². The molecule has 1 aliphatic heterocycles. The van der Waals surface area contributed by atoms with Crippen molar-refractivity contribution < 1.29 is 9.32 Å². The quantitative estimate of drug-likeness (QED) is 0.789. The van der Waals surface area contributed by atoms with Crippen molar-refractivity contribution in [2.75, 3.05) is 40.8 Å².